The smallest absolute Gasteiger partial charge is 0.256 e. The molecule has 0 aliphatic carbocycles. The normalized spacial score (nSPS) is 12.5. The summed E-state index contributed by atoms with van der Waals surface area (Å²) in [4.78, 5) is 12.3. The zero-order valence-electron chi connectivity index (χ0n) is 11.8. The van der Waals surface area contributed by atoms with Gasteiger partial charge in [0, 0.05) is 12.4 Å². The molecule has 0 fully saturated rings. The van der Waals surface area contributed by atoms with Gasteiger partial charge in [-0.3, -0.25) is 0 Å². The summed E-state index contributed by atoms with van der Waals surface area (Å²) in [6, 6.07) is 1.76. The summed E-state index contributed by atoms with van der Waals surface area (Å²) in [5, 5.41) is 17.3. The van der Waals surface area contributed by atoms with E-state index in [1.54, 1.807) is 32.3 Å². The van der Waals surface area contributed by atoms with Gasteiger partial charge in [0.2, 0.25) is 11.2 Å². The Balaban J connectivity index is 2.34. The van der Waals surface area contributed by atoms with Gasteiger partial charge >= 0.3 is 0 Å². The number of aliphatic hydroxyl groups is 1. The molecule has 2 N–H and O–H groups in total. The van der Waals surface area contributed by atoms with Crippen molar-refractivity contribution in [2.75, 3.05) is 5.32 Å². The number of rotatable bonds is 4. The van der Waals surface area contributed by atoms with Gasteiger partial charge in [0.1, 0.15) is 0 Å². The van der Waals surface area contributed by atoms with Gasteiger partial charge in [-0.05, 0) is 45.4 Å². The number of anilines is 1. The molecule has 2 aromatic heterocycles. The number of nitrogens with one attached hydrogen (secondary N) is 1. The summed E-state index contributed by atoms with van der Waals surface area (Å²) in [6.45, 7) is 7.10. The van der Waals surface area contributed by atoms with E-state index in [-0.39, 0.29) is 11.2 Å². The van der Waals surface area contributed by atoms with Crippen LogP contribution < -0.4 is 5.32 Å². The van der Waals surface area contributed by atoms with Crippen molar-refractivity contribution in [3.63, 3.8) is 0 Å². The molecule has 0 bridgehead atoms. The van der Waals surface area contributed by atoms with Crippen LogP contribution in [0.4, 0.5) is 5.95 Å². The van der Waals surface area contributed by atoms with Crippen molar-refractivity contribution in [1.29, 1.82) is 0 Å². The third kappa shape index (κ3) is 3.05. The van der Waals surface area contributed by atoms with Crippen LogP contribution in [-0.2, 0) is 0 Å². The van der Waals surface area contributed by atoms with Crippen molar-refractivity contribution in [2.24, 2.45) is 0 Å². The molecule has 0 amide bonds. The molecule has 8 heteroatoms. The molecule has 0 aliphatic rings. The Morgan fingerprint density at radius 2 is 1.90 bits per heavy atom. The molecule has 20 heavy (non-hydrogen) atoms. The molecule has 0 aromatic carbocycles. The lowest BCUT2D eigenvalue weighted by Crippen LogP contribution is -2.51. The lowest BCUT2D eigenvalue weighted by Gasteiger charge is -2.37. The average molecular weight is 297 g/mol. The highest BCUT2D eigenvalue weighted by Gasteiger charge is 2.35. The lowest BCUT2D eigenvalue weighted by molar-refractivity contribution is 0.0237. The van der Waals surface area contributed by atoms with E-state index < -0.39 is 11.1 Å². The lowest BCUT2D eigenvalue weighted by atomic mass is 9.86. The quantitative estimate of drug-likeness (QED) is 0.892. The van der Waals surface area contributed by atoms with Crippen molar-refractivity contribution in [3.8, 4) is 5.95 Å². The molecule has 0 spiro atoms. The maximum Gasteiger partial charge on any atom is 0.256 e. The van der Waals surface area contributed by atoms with Crippen molar-refractivity contribution >= 4 is 17.5 Å². The zero-order chi connectivity index (χ0) is 15.0. The highest BCUT2D eigenvalue weighted by Crippen LogP contribution is 2.24. The molecule has 2 aromatic rings. The highest BCUT2D eigenvalue weighted by atomic mass is 35.5. The fraction of sp³-hybridized carbons (Fsp3) is 0.500. The van der Waals surface area contributed by atoms with E-state index >= 15 is 0 Å². The van der Waals surface area contributed by atoms with Crippen LogP contribution in [0.3, 0.4) is 0 Å². The van der Waals surface area contributed by atoms with Crippen LogP contribution in [0.25, 0.3) is 5.95 Å². The summed E-state index contributed by atoms with van der Waals surface area (Å²) >= 11 is 5.90. The third-order valence-electron chi connectivity index (χ3n) is 3.26. The van der Waals surface area contributed by atoms with Gasteiger partial charge in [0.05, 0.1) is 11.1 Å². The summed E-state index contributed by atoms with van der Waals surface area (Å²) in [5.74, 6) is 0.590. The Bertz CT molecular complexity index is 590. The van der Waals surface area contributed by atoms with Crippen molar-refractivity contribution < 1.29 is 5.11 Å². The molecule has 0 saturated heterocycles. The molecular formula is C12H17ClN6O. The average Bonchev–Trinajstić information content (AvgIpc) is 2.78. The minimum atomic E-state index is -0.974. The number of aromatic nitrogens is 5. The highest BCUT2D eigenvalue weighted by molar-refractivity contribution is 6.28. The topological polar surface area (TPSA) is 88.8 Å². The standard InChI is InChI=1S/C12H17ClN6O/c1-11(2,12(3,4)20)18-9-15-8(13)16-10(17-9)19-7-5-6-14-19/h5-7,20H,1-4H3,(H,15,16,17,18). The Labute approximate surface area is 122 Å². The van der Waals surface area contributed by atoms with Crippen molar-refractivity contribution in [1.82, 2.24) is 24.7 Å². The molecule has 0 saturated carbocycles. The van der Waals surface area contributed by atoms with Crippen molar-refractivity contribution in [2.45, 2.75) is 38.8 Å². The van der Waals surface area contributed by atoms with E-state index in [0.717, 1.165) is 0 Å². The molecular weight excluding hydrogens is 280 g/mol. The monoisotopic (exact) mass is 296 g/mol. The van der Waals surface area contributed by atoms with Gasteiger partial charge in [-0.25, -0.2) is 4.68 Å². The molecule has 2 rings (SSSR count). The van der Waals surface area contributed by atoms with E-state index in [1.165, 1.54) is 4.68 Å². The van der Waals surface area contributed by atoms with Crippen LogP contribution in [0.15, 0.2) is 18.5 Å². The van der Waals surface area contributed by atoms with Crippen LogP contribution in [0, 0.1) is 0 Å². The first kappa shape index (κ1) is 14.7. The van der Waals surface area contributed by atoms with Crippen LogP contribution in [-0.4, -0.2) is 41.0 Å². The molecule has 0 aliphatic heterocycles. The van der Waals surface area contributed by atoms with Gasteiger partial charge in [0.25, 0.3) is 5.95 Å². The van der Waals surface area contributed by atoms with Gasteiger partial charge < -0.3 is 10.4 Å². The summed E-state index contributed by atoms with van der Waals surface area (Å²) < 4.78 is 1.48. The van der Waals surface area contributed by atoms with Gasteiger partial charge in [-0.15, -0.1) is 0 Å². The minimum absolute atomic E-state index is 0.0551. The predicted octanol–water partition coefficient (Wildman–Crippen LogP) is 1.67. The first-order chi connectivity index (χ1) is 9.19. The van der Waals surface area contributed by atoms with Crippen LogP contribution >= 0.6 is 11.6 Å². The van der Waals surface area contributed by atoms with Crippen LogP contribution in [0.2, 0.25) is 5.28 Å². The van der Waals surface area contributed by atoms with Gasteiger partial charge in [-0.1, -0.05) is 0 Å². The maximum absolute atomic E-state index is 10.1. The molecule has 0 radical (unpaired) electrons. The van der Waals surface area contributed by atoms with E-state index in [2.05, 4.69) is 25.4 Å². The summed E-state index contributed by atoms with van der Waals surface area (Å²) in [7, 11) is 0. The van der Waals surface area contributed by atoms with Gasteiger partial charge in [0.15, 0.2) is 0 Å². The SMILES string of the molecule is CC(C)(O)C(C)(C)Nc1nc(Cl)nc(-n2cccn2)n1. The van der Waals surface area contributed by atoms with Crippen LogP contribution in [0.1, 0.15) is 27.7 Å². The minimum Gasteiger partial charge on any atom is -0.388 e. The summed E-state index contributed by atoms with van der Waals surface area (Å²) in [6.07, 6.45) is 3.32. The van der Waals surface area contributed by atoms with E-state index in [1.807, 2.05) is 13.8 Å². The Hall–Kier alpha value is -1.73. The molecule has 2 heterocycles. The van der Waals surface area contributed by atoms with Crippen LogP contribution in [0.5, 0.6) is 0 Å². The first-order valence-electron chi connectivity index (χ1n) is 6.11. The maximum atomic E-state index is 10.1. The fourth-order valence-electron chi connectivity index (χ4n) is 1.32. The van der Waals surface area contributed by atoms with E-state index in [4.69, 9.17) is 11.6 Å². The van der Waals surface area contributed by atoms with E-state index in [9.17, 15) is 5.11 Å². The van der Waals surface area contributed by atoms with Gasteiger partial charge in [-0.2, -0.15) is 20.1 Å². The second-order valence-corrected chi connectivity index (χ2v) is 5.83. The number of halogens is 1. The number of hydrogen-bond donors (Lipinski definition) is 2. The molecule has 7 nitrogen and oxygen atoms in total. The van der Waals surface area contributed by atoms with E-state index in [0.29, 0.717) is 5.95 Å². The summed E-state index contributed by atoms with van der Waals surface area (Å²) in [5.41, 5.74) is -1.63. The Morgan fingerprint density at radius 3 is 2.45 bits per heavy atom. The predicted molar refractivity (Wildman–Crippen MR) is 76.0 cm³/mol. The zero-order valence-corrected chi connectivity index (χ0v) is 12.5. The fourth-order valence-corrected chi connectivity index (χ4v) is 1.47. The molecule has 0 atom stereocenters. The second kappa shape index (κ2) is 4.99. The third-order valence-corrected chi connectivity index (χ3v) is 3.43. The van der Waals surface area contributed by atoms with Crippen molar-refractivity contribution in [3.05, 3.63) is 23.7 Å². The molecule has 108 valence electrons. The Kier molecular flexibility index (Phi) is 3.66. The first-order valence-corrected chi connectivity index (χ1v) is 6.49. The second-order valence-electron chi connectivity index (χ2n) is 5.49. The number of hydrogen-bond acceptors (Lipinski definition) is 6. The number of nitrogens with zero attached hydrogens (tertiary/aromatic N) is 5. The largest absolute Gasteiger partial charge is 0.388 e. The molecule has 0 unspecified atom stereocenters. The Morgan fingerprint density at radius 1 is 1.20 bits per heavy atom.